The smallest absolute Gasteiger partial charge is 0.225 e. The first-order valence-electron chi connectivity index (χ1n) is 1.72. The summed E-state index contributed by atoms with van der Waals surface area (Å²) in [6, 6.07) is 0. The molecule has 0 aliphatic carbocycles. The van der Waals surface area contributed by atoms with Crippen LogP contribution in [0.5, 0.6) is 0 Å². The Morgan fingerprint density at radius 1 is 1.43 bits per heavy atom. The molecule has 0 bridgehead atoms. The van der Waals surface area contributed by atoms with Gasteiger partial charge in [-0.05, 0) is 13.0 Å². The van der Waals surface area contributed by atoms with Crippen molar-refractivity contribution in [2.24, 2.45) is 0 Å². The summed E-state index contributed by atoms with van der Waals surface area (Å²) in [5.41, 5.74) is 0. The first kappa shape index (κ1) is 9.47. The molecule has 0 atom stereocenters. The maximum atomic E-state index is 8.93. The van der Waals surface area contributed by atoms with Crippen LogP contribution in [-0.2, 0) is 4.79 Å². The van der Waals surface area contributed by atoms with Crippen LogP contribution >= 0.6 is 0 Å². The second-order valence-corrected chi connectivity index (χ2v) is 0.611. The third-order valence-electron chi connectivity index (χ3n) is 0.0833. The summed E-state index contributed by atoms with van der Waals surface area (Å²) in [4.78, 5) is 8.93. The van der Waals surface area contributed by atoms with Crippen LogP contribution in [0.4, 0.5) is 0 Å². The molecule has 0 unspecified atom stereocenters. The molecule has 1 nitrogen and oxygen atoms in total. The molecule has 0 aromatic carbocycles. The molecule has 0 aliphatic heterocycles. The number of carbonyl (C=O) groups excluding carboxylic acids is 1. The maximum Gasteiger partial charge on any atom is 0.225 e. The number of allylic oxidation sites excluding steroid dienone is 2. The lowest BCUT2D eigenvalue weighted by Crippen LogP contribution is -1.44. The van der Waals surface area contributed by atoms with Gasteiger partial charge in [0.1, 0.15) is 0 Å². The van der Waals surface area contributed by atoms with Crippen molar-refractivity contribution in [3.63, 3.8) is 0 Å². The summed E-state index contributed by atoms with van der Waals surface area (Å²) in [6.45, 7) is 9.56. The van der Waals surface area contributed by atoms with E-state index in [2.05, 4.69) is 20.1 Å². The Morgan fingerprint density at radius 2 is 1.57 bits per heavy atom. The Kier molecular flexibility index (Phi) is 26.0. The molecule has 0 aromatic rings. The minimum atomic E-state index is 1.07. The first-order valence-corrected chi connectivity index (χ1v) is 1.72. The van der Waals surface area contributed by atoms with Gasteiger partial charge in [0.15, 0.2) is 0 Å². The van der Waals surface area contributed by atoms with Gasteiger partial charge in [0.05, 0.1) is 0 Å². The van der Waals surface area contributed by atoms with Crippen LogP contribution < -0.4 is 0 Å². The summed E-state index contributed by atoms with van der Waals surface area (Å²) in [5, 5.41) is 0. The van der Waals surface area contributed by atoms with Gasteiger partial charge in [-0.1, -0.05) is 12.7 Å². The van der Waals surface area contributed by atoms with Crippen molar-refractivity contribution in [1.29, 1.82) is 0 Å². The fourth-order valence-electron chi connectivity index (χ4n) is 0. The largest absolute Gasteiger partial charge is 0.286 e. The standard InChI is InChI=1S/C3H3O.C3H5/c1-2-3-4;1-3-2/h2H,1H2;3H,1-2H2. The predicted molar refractivity (Wildman–Crippen MR) is 31.4 cm³/mol. The highest BCUT2D eigenvalue weighted by Gasteiger charge is 1.42. The van der Waals surface area contributed by atoms with Crippen molar-refractivity contribution in [3.05, 3.63) is 32.2 Å². The molecule has 0 spiro atoms. The van der Waals surface area contributed by atoms with Gasteiger partial charge in [-0.2, -0.15) is 0 Å². The first-order chi connectivity index (χ1) is 3.33. The fraction of sp³-hybridized carbons (Fsp3) is 0. The van der Waals surface area contributed by atoms with Gasteiger partial charge in [0.25, 0.3) is 0 Å². The predicted octanol–water partition coefficient (Wildman–Crippen LogP) is 1.29. The van der Waals surface area contributed by atoms with E-state index in [1.54, 1.807) is 0 Å². The van der Waals surface area contributed by atoms with E-state index in [1.165, 1.54) is 12.4 Å². The Balaban J connectivity index is 0. The average Bonchev–Trinajstić information content (AvgIpc) is 1.69. The Bertz CT molecular complexity index is 49.2. The molecule has 0 rings (SSSR count). The minimum Gasteiger partial charge on any atom is -0.286 e. The van der Waals surface area contributed by atoms with E-state index in [4.69, 9.17) is 4.79 Å². The highest BCUT2D eigenvalue weighted by atomic mass is 16.1. The van der Waals surface area contributed by atoms with Crippen LogP contribution in [0.25, 0.3) is 0 Å². The zero-order valence-electron chi connectivity index (χ0n) is 4.18. The molecule has 38 valence electrons. The normalized spacial score (nSPS) is 4.71. The van der Waals surface area contributed by atoms with E-state index in [9.17, 15) is 0 Å². The van der Waals surface area contributed by atoms with Crippen LogP contribution in [-0.4, -0.2) is 6.29 Å². The van der Waals surface area contributed by atoms with Crippen molar-refractivity contribution >= 4 is 6.29 Å². The van der Waals surface area contributed by atoms with Crippen molar-refractivity contribution < 1.29 is 4.79 Å². The van der Waals surface area contributed by atoms with Gasteiger partial charge in [-0.3, -0.25) is 4.79 Å². The van der Waals surface area contributed by atoms with Crippen LogP contribution in [0, 0.1) is 6.92 Å². The zero-order valence-corrected chi connectivity index (χ0v) is 4.18. The van der Waals surface area contributed by atoms with Crippen LogP contribution in [0.1, 0.15) is 0 Å². The van der Waals surface area contributed by atoms with Crippen molar-refractivity contribution in [3.8, 4) is 0 Å². The Labute approximate surface area is 44.4 Å². The van der Waals surface area contributed by atoms with E-state index in [-0.39, 0.29) is 0 Å². The molecule has 0 amide bonds. The van der Waals surface area contributed by atoms with E-state index in [0.717, 1.165) is 6.08 Å². The van der Waals surface area contributed by atoms with Gasteiger partial charge in [-0.15, -0.1) is 6.58 Å². The second kappa shape index (κ2) is 19.2. The molecule has 7 heavy (non-hydrogen) atoms. The molecule has 0 saturated heterocycles. The molecule has 0 aromatic heterocycles. The lowest BCUT2D eigenvalue weighted by Gasteiger charge is -1.34. The Morgan fingerprint density at radius 3 is 1.57 bits per heavy atom. The Hall–Kier alpha value is -0.850. The number of hydrogen-bond acceptors (Lipinski definition) is 1. The topological polar surface area (TPSA) is 17.1 Å². The molecule has 0 saturated carbocycles. The van der Waals surface area contributed by atoms with Gasteiger partial charge in [-0.25, -0.2) is 0 Å². The van der Waals surface area contributed by atoms with E-state index >= 15 is 0 Å². The summed E-state index contributed by atoms with van der Waals surface area (Å²) in [6.07, 6.45) is 4.01. The molecule has 2 radical (unpaired) electrons. The minimum absolute atomic E-state index is 1.07. The second-order valence-electron chi connectivity index (χ2n) is 0.611. The van der Waals surface area contributed by atoms with Gasteiger partial charge >= 0.3 is 0 Å². The molecule has 0 heterocycles. The van der Waals surface area contributed by atoms with Gasteiger partial charge in [0.2, 0.25) is 6.29 Å². The summed E-state index contributed by atoms with van der Waals surface area (Å²) < 4.78 is 0. The highest BCUT2D eigenvalue weighted by molar-refractivity contribution is 5.64. The summed E-state index contributed by atoms with van der Waals surface area (Å²) >= 11 is 0. The van der Waals surface area contributed by atoms with Crippen LogP contribution in [0.2, 0.25) is 0 Å². The monoisotopic (exact) mass is 96.1 g/mol. The highest BCUT2D eigenvalue weighted by Crippen LogP contribution is 1.36. The summed E-state index contributed by atoms with van der Waals surface area (Å²) in [7, 11) is 0. The van der Waals surface area contributed by atoms with E-state index < -0.39 is 0 Å². The maximum absolute atomic E-state index is 8.93. The third kappa shape index (κ3) is 2270. The van der Waals surface area contributed by atoms with Crippen molar-refractivity contribution in [2.45, 2.75) is 0 Å². The number of rotatable bonds is 1. The molecule has 0 fully saturated rings. The van der Waals surface area contributed by atoms with Crippen LogP contribution in [0.15, 0.2) is 25.3 Å². The third-order valence-corrected chi connectivity index (χ3v) is 0.0833. The van der Waals surface area contributed by atoms with Crippen LogP contribution in [0.3, 0.4) is 0 Å². The van der Waals surface area contributed by atoms with Gasteiger partial charge in [0, 0.05) is 0 Å². The number of hydrogen-bond donors (Lipinski definition) is 0. The quantitative estimate of drug-likeness (QED) is 0.449. The van der Waals surface area contributed by atoms with E-state index in [0.29, 0.717) is 0 Å². The van der Waals surface area contributed by atoms with Crippen molar-refractivity contribution in [1.82, 2.24) is 0 Å². The molecule has 1 heteroatoms. The molecular formula is C6H8O. The van der Waals surface area contributed by atoms with E-state index in [1.807, 2.05) is 0 Å². The lowest BCUT2D eigenvalue weighted by atomic mass is 10.8. The van der Waals surface area contributed by atoms with Crippen molar-refractivity contribution in [2.75, 3.05) is 0 Å². The SMILES string of the molecule is C=C[C]=O.[CH2]C=C. The molecule has 0 N–H and O–H groups in total. The zero-order chi connectivity index (χ0) is 6.12. The molecule has 0 aliphatic rings. The van der Waals surface area contributed by atoms with Gasteiger partial charge < -0.3 is 0 Å². The average molecular weight is 96.1 g/mol. The summed E-state index contributed by atoms with van der Waals surface area (Å²) in [5.74, 6) is 0. The fourth-order valence-corrected chi connectivity index (χ4v) is 0. The molecular weight excluding hydrogens is 88.1 g/mol. The lowest BCUT2D eigenvalue weighted by molar-refractivity contribution is 0.564.